The number of esters is 1. The number of carbonyl (C=O) groups excluding carboxylic acids is 1. The van der Waals surface area contributed by atoms with Crippen molar-refractivity contribution in [1.29, 1.82) is 0 Å². The van der Waals surface area contributed by atoms with Crippen LogP contribution in [0.2, 0.25) is 0 Å². The lowest BCUT2D eigenvalue weighted by molar-refractivity contribution is -0.145. The third-order valence-electron chi connectivity index (χ3n) is 4.61. The van der Waals surface area contributed by atoms with Crippen molar-refractivity contribution in [2.24, 2.45) is 0 Å². The molecular formula is C23H26N2O4. The third-order valence-corrected chi connectivity index (χ3v) is 4.61. The van der Waals surface area contributed by atoms with E-state index in [0.717, 1.165) is 5.69 Å². The monoisotopic (exact) mass is 394 g/mol. The maximum atomic E-state index is 12.2. The number of carbonyl (C=O) groups is 1. The van der Waals surface area contributed by atoms with Crippen molar-refractivity contribution >= 4 is 11.6 Å². The topological polar surface area (TPSA) is 69.9 Å². The van der Waals surface area contributed by atoms with Gasteiger partial charge in [0.2, 0.25) is 0 Å². The minimum atomic E-state index is -0.400. The Morgan fingerprint density at radius 1 is 1.10 bits per heavy atom. The molecule has 0 amide bonds. The molecule has 0 radical (unpaired) electrons. The fourth-order valence-electron chi connectivity index (χ4n) is 2.97. The van der Waals surface area contributed by atoms with Crippen LogP contribution in [0.25, 0.3) is 5.65 Å². The van der Waals surface area contributed by atoms with Gasteiger partial charge in [0.1, 0.15) is 18.0 Å². The number of aromatic nitrogens is 2. The van der Waals surface area contributed by atoms with Crippen LogP contribution in [0.4, 0.5) is 0 Å². The highest BCUT2D eigenvalue weighted by atomic mass is 16.5. The second kappa shape index (κ2) is 8.47. The largest absolute Gasteiger partial charge is 0.493 e. The lowest BCUT2D eigenvalue weighted by Crippen LogP contribution is -2.18. The van der Waals surface area contributed by atoms with Crippen molar-refractivity contribution < 1.29 is 14.3 Å². The second-order valence-electron chi connectivity index (χ2n) is 7.98. The maximum absolute atomic E-state index is 12.2. The van der Waals surface area contributed by atoms with Crippen LogP contribution in [0, 0.1) is 6.92 Å². The van der Waals surface area contributed by atoms with E-state index >= 15 is 0 Å². The van der Waals surface area contributed by atoms with Crippen LogP contribution in [-0.2, 0) is 21.6 Å². The van der Waals surface area contributed by atoms with Crippen LogP contribution in [0.3, 0.4) is 0 Å². The molecule has 3 aromatic rings. The number of rotatable bonds is 6. The van der Waals surface area contributed by atoms with Crippen LogP contribution in [0.1, 0.15) is 44.1 Å². The van der Waals surface area contributed by atoms with E-state index in [9.17, 15) is 9.59 Å². The first-order valence-electron chi connectivity index (χ1n) is 9.61. The van der Waals surface area contributed by atoms with E-state index in [-0.39, 0.29) is 30.6 Å². The van der Waals surface area contributed by atoms with Gasteiger partial charge in [-0.2, -0.15) is 0 Å². The molecule has 0 unspecified atom stereocenters. The van der Waals surface area contributed by atoms with Crippen molar-refractivity contribution in [3.8, 4) is 5.75 Å². The molecule has 0 aliphatic carbocycles. The van der Waals surface area contributed by atoms with Gasteiger partial charge < -0.3 is 9.47 Å². The number of hydrogen-bond acceptors (Lipinski definition) is 5. The van der Waals surface area contributed by atoms with E-state index in [1.807, 2.05) is 43.3 Å². The number of benzene rings is 1. The average molecular weight is 394 g/mol. The highest BCUT2D eigenvalue weighted by molar-refractivity contribution is 5.69. The van der Waals surface area contributed by atoms with Gasteiger partial charge in [-0.25, -0.2) is 4.98 Å². The van der Waals surface area contributed by atoms with E-state index in [4.69, 9.17) is 9.47 Å². The molecule has 6 nitrogen and oxygen atoms in total. The number of aryl methyl sites for hydroxylation is 1. The summed E-state index contributed by atoms with van der Waals surface area (Å²) in [6.45, 7) is 8.47. The smallest absolute Gasteiger partial charge is 0.309 e. The second-order valence-corrected chi connectivity index (χ2v) is 7.98. The number of pyridine rings is 1. The zero-order valence-corrected chi connectivity index (χ0v) is 17.3. The van der Waals surface area contributed by atoms with Crippen LogP contribution in [0.5, 0.6) is 5.75 Å². The molecule has 3 rings (SSSR count). The molecule has 0 saturated carbocycles. The maximum Gasteiger partial charge on any atom is 0.309 e. The Labute approximate surface area is 170 Å². The first-order valence-corrected chi connectivity index (χ1v) is 9.61. The zero-order chi connectivity index (χ0) is 21.0. The number of ether oxygens (including phenoxy) is 2. The predicted octanol–water partition coefficient (Wildman–Crippen LogP) is 3.81. The van der Waals surface area contributed by atoms with Crippen molar-refractivity contribution in [3.63, 3.8) is 0 Å². The molecule has 2 heterocycles. The van der Waals surface area contributed by atoms with Gasteiger partial charge in [0.05, 0.1) is 18.7 Å². The van der Waals surface area contributed by atoms with Gasteiger partial charge in [-0.1, -0.05) is 39.0 Å². The third kappa shape index (κ3) is 5.22. The summed E-state index contributed by atoms with van der Waals surface area (Å²) >= 11 is 0. The standard InChI is InChI=1S/C23H26N2O4/c1-16-6-5-7-20-24-18(14-21(26)25(16)20)15-29-22(27)12-13-28-19-10-8-17(9-11-19)23(2,3)4/h5-11,14H,12-13,15H2,1-4H3. The van der Waals surface area contributed by atoms with Gasteiger partial charge in [-0.3, -0.25) is 14.0 Å². The molecular weight excluding hydrogens is 368 g/mol. The SMILES string of the molecule is Cc1cccc2nc(COC(=O)CCOc3ccc(C(C)(C)C)cc3)cc(=O)n12. The van der Waals surface area contributed by atoms with Crippen molar-refractivity contribution in [2.75, 3.05) is 6.61 Å². The minimum Gasteiger partial charge on any atom is -0.493 e. The highest BCUT2D eigenvalue weighted by Gasteiger charge is 2.13. The van der Waals surface area contributed by atoms with E-state index in [0.29, 0.717) is 17.1 Å². The number of fused-ring (bicyclic) bond motifs is 1. The van der Waals surface area contributed by atoms with E-state index in [2.05, 4.69) is 25.8 Å². The molecule has 29 heavy (non-hydrogen) atoms. The van der Waals surface area contributed by atoms with Crippen LogP contribution in [-0.4, -0.2) is 22.0 Å². The molecule has 0 aliphatic heterocycles. The van der Waals surface area contributed by atoms with Gasteiger partial charge in [0.15, 0.2) is 0 Å². The van der Waals surface area contributed by atoms with Crippen LogP contribution in [0.15, 0.2) is 53.3 Å². The first-order chi connectivity index (χ1) is 13.7. The Kier molecular flexibility index (Phi) is 6.01. The summed E-state index contributed by atoms with van der Waals surface area (Å²) in [7, 11) is 0. The number of hydrogen-bond donors (Lipinski definition) is 0. The quantitative estimate of drug-likeness (QED) is 0.595. The average Bonchev–Trinajstić information content (AvgIpc) is 2.66. The lowest BCUT2D eigenvalue weighted by Gasteiger charge is -2.19. The highest BCUT2D eigenvalue weighted by Crippen LogP contribution is 2.24. The van der Waals surface area contributed by atoms with Gasteiger partial charge in [-0.15, -0.1) is 0 Å². The molecule has 0 spiro atoms. The Bertz CT molecular complexity index is 1060. The van der Waals surface area contributed by atoms with Crippen molar-refractivity contribution in [3.05, 3.63) is 75.8 Å². The first kappa shape index (κ1) is 20.6. The summed E-state index contributed by atoms with van der Waals surface area (Å²) in [5, 5.41) is 0. The Morgan fingerprint density at radius 2 is 1.83 bits per heavy atom. The van der Waals surface area contributed by atoms with E-state index in [1.165, 1.54) is 16.0 Å². The predicted molar refractivity (Wildman–Crippen MR) is 111 cm³/mol. The fourth-order valence-corrected chi connectivity index (χ4v) is 2.97. The zero-order valence-electron chi connectivity index (χ0n) is 17.3. The Balaban J connectivity index is 1.50. The molecule has 152 valence electrons. The molecule has 2 aromatic heterocycles. The van der Waals surface area contributed by atoms with Gasteiger partial charge in [0, 0.05) is 11.8 Å². The molecule has 0 fully saturated rings. The fraction of sp³-hybridized carbons (Fsp3) is 0.348. The molecule has 0 aliphatic rings. The summed E-state index contributed by atoms with van der Waals surface area (Å²) in [6.07, 6.45) is 0.118. The van der Waals surface area contributed by atoms with Gasteiger partial charge >= 0.3 is 5.97 Å². The van der Waals surface area contributed by atoms with Gasteiger partial charge in [0.25, 0.3) is 5.56 Å². The summed E-state index contributed by atoms with van der Waals surface area (Å²) < 4.78 is 12.4. The summed E-state index contributed by atoms with van der Waals surface area (Å²) in [6, 6.07) is 14.7. The van der Waals surface area contributed by atoms with Crippen LogP contribution < -0.4 is 10.3 Å². The van der Waals surface area contributed by atoms with E-state index in [1.54, 1.807) is 6.07 Å². The Hall–Kier alpha value is -3.15. The summed E-state index contributed by atoms with van der Waals surface area (Å²) in [5.74, 6) is 0.313. The number of nitrogens with zero attached hydrogens (tertiary/aromatic N) is 2. The minimum absolute atomic E-state index is 0.0429. The van der Waals surface area contributed by atoms with E-state index < -0.39 is 5.97 Å². The molecule has 0 atom stereocenters. The normalized spacial score (nSPS) is 11.4. The molecule has 0 saturated heterocycles. The molecule has 0 N–H and O–H groups in total. The van der Waals surface area contributed by atoms with Crippen LogP contribution >= 0.6 is 0 Å². The molecule has 1 aromatic carbocycles. The van der Waals surface area contributed by atoms with Crippen molar-refractivity contribution in [1.82, 2.24) is 9.38 Å². The molecule has 6 heteroatoms. The Morgan fingerprint density at radius 3 is 2.52 bits per heavy atom. The molecule has 0 bridgehead atoms. The summed E-state index contributed by atoms with van der Waals surface area (Å²) in [5.41, 5.74) is 2.87. The van der Waals surface area contributed by atoms with Crippen molar-refractivity contribution in [2.45, 2.75) is 46.1 Å². The lowest BCUT2D eigenvalue weighted by atomic mass is 9.87. The van der Waals surface area contributed by atoms with Gasteiger partial charge in [-0.05, 0) is 42.2 Å². The summed E-state index contributed by atoms with van der Waals surface area (Å²) in [4.78, 5) is 28.6.